The van der Waals surface area contributed by atoms with Crippen LogP contribution in [0.15, 0.2) is 36.4 Å². The SMILES string of the molecule is Cc1ccc(CN2C[C@]34C=C[C@H](O3)[C@@H](C(=O)O)[C@@H]4C2=O)cc1. The number of nitrogens with zero attached hydrogens (tertiary/aromatic N) is 1. The Hall–Kier alpha value is -2.14. The lowest BCUT2D eigenvalue weighted by Crippen LogP contribution is -2.39. The van der Waals surface area contributed by atoms with Crippen LogP contribution in [-0.4, -0.2) is 40.1 Å². The maximum Gasteiger partial charge on any atom is 0.310 e. The van der Waals surface area contributed by atoms with Crippen molar-refractivity contribution in [3.05, 3.63) is 47.5 Å². The van der Waals surface area contributed by atoms with Gasteiger partial charge in [-0.05, 0) is 12.5 Å². The van der Waals surface area contributed by atoms with Gasteiger partial charge in [-0.2, -0.15) is 0 Å². The molecule has 1 N–H and O–H groups in total. The highest BCUT2D eigenvalue weighted by atomic mass is 16.5. The average Bonchev–Trinajstić information content (AvgIpc) is 3.10. The fourth-order valence-corrected chi connectivity index (χ4v) is 3.91. The van der Waals surface area contributed by atoms with E-state index < -0.39 is 29.5 Å². The molecule has 2 fully saturated rings. The largest absolute Gasteiger partial charge is 0.481 e. The van der Waals surface area contributed by atoms with Crippen LogP contribution < -0.4 is 0 Å². The lowest BCUT2D eigenvalue weighted by Gasteiger charge is -2.21. The van der Waals surface area contributed by atoms with Crippen molar-refractivity contribution >= 4 is 11.9 Å². The van der Waals surface area contributed by atoms with Gasteiger partial charge in [-0.3, -0.25) is 9.59 Å². The fourth-order valence-electron chi connectivity index (χ4n) is 3.91. The molecular formula is C17H17NO4. The number of hydrogen-bond donors (Lipinski definition) is 1. The van der Waals surface area contributed by atoms with Gasteiger partial charge in [-0.15, -0.1) is 0 Å². The Kier molecular flexibility index (Phi) is 2.72. The first-order chi connectivity index (χ1) is 10.5. The van der Waals surface area contributed by atoms with Crippen molar-refractivity contribution in [2.75, 3.05) is 6.54 Å². The third kappa shape index (κ3) is 1.75. The van der Waals surface area contributed by atoms with Gasteiger partial charge in [-0.25, -0.2) is 0 Å². The lowest BCUT2D eigenvalue weighted by molar-refractivity contribution is -0.148. The van der Waals surface area contributed by atoms with Gasteiger partial charge in [-0.1, -0.05) is 42.0 Å². The second kappa shape index (κ2) is 4.43. The molecule has 3 heterocycles. The Balaban J connectivity index is 1.61. The predicted octanol–water partition coefficient (Wildman–Crippen LogP) is 1.36. The highest BCUT2D eigenvalue weighted by Crippen LogP contribution is 2.52. The maximum atomic E-state index is 12.7. The minimum absolute atomic E-state index is 0.111. The van der Waals surface area contributed by atoms with E-state index in [9.17, 15) is 14.7 Å². The predicted molar refractivity (Wildman–Crippen MR) is 78.0 cm³/mol. The molecular weight excluding hydrogens is 282 g/mol. The molecule has 1 amide bonds. The summed E-state index contributed by atoms with van der Waals surface area (Å²) in [5.41, 5.74) is 1.47. The Morgan fingerprint density at radius 3 is 2.82 bits per heavy atom. The first-order valence-corrected chi connectivity index (χ1v) is 7.44. The molecule has 1 aromatic carbocycles. The summed E-state index contributed by atoms with van der Waals surface area (Å²) in [4.78, 5) is 25.9. The Morgan fingerprint density at radius 1 is 1.41 bits per heavy atom. The summed E-state index contributed by atoms with van der Waals surface area (Å²) >= 11 is 0. The number of aryl methyl sites for hydroxylation is 1. The molecule has 1 spiro atoms. The first kappa shape index (κ1) is 13.5. The number of aliphatic carboxylic acids is 1. The molecule has 5 heteroatoms. The van der Waals surface area contributed by atoms with Gasteiger partial charge in [0.15, 0.2) is 0 Å². The number of carbonyl (C=O) groups excluding carboxylic acids is 1. The van der Waals surface area contributed by atoms with Crippen LogP contribution >= 0.6 is 0 Å². The van der Waals surface area contributed by atoms with Crippen LogP contribution in [0.25, 0.3) is 0 Å². The Morgan fingerprint density at radius 2 is 2.14 bits per heavy atom. The summed E-state index contributed by atoms with van der Waals surface area (Å²) in [5.74, 6) is -2.42. The molecule has 4 atom stereocenters. The number of likely N-dealkylation sites (tertiary alicyclic amines) is 1. The normalized spacial score (nSPS) is 35.2. The molecule has 0 saturated carbocycles. The van der Waals surface area contributed by atoms with Crippen LogP contribution in [0.3, 0.4) is 0 Å². The van der Waals surface area contributed by atoms with Crippen LogP contribution in [-0.2, 0) is 20.9 Å². The molecule has 5 nitrogen and oxygen atoms in total. The molecule has 3 aliphatic rings. The van der Waals surface area contributed by atoms with Gasteiger partial charge < -0.3 is 14.7 Å². The number of carboxylic acid groups (broad SMARTS) is 1. The van der Waals surface area contributed by atoms with Crippen LogP contribution in [0.1, 0.15) is 11.1 Å². The highest BCUT2D eigenvalue weighted by molar-refractivity contribution is 5.90. The monoisotopic (exact) mass is 299 g/mol. The van der Waals surface area contributed by atoms with Gasteiger partial charge in [0.05, 0.1) is 18.6 Å². The van der Waals surface area contributed by atoms with E-state index in [0.717, 1.165) is 5.56 Å². The third-order valence-electron chi connectivity index (χ3n) is 4.96. The number of fused-ring (bicyclic) bond motifs is 1. The van der Waals surface area contributed by atoms with Crippen LogP contribution in [0.2, 0.25) is 0 Å². The van der Waals surface area contributed by atoms with Crippen LogP contribution in [0, 0.1) is 18.8 Å². The van der Waals surface area contributed by atoms with Crippen LogP contribution in [0.5, 0.6) is 0 Å². The smallest absolute Gasteiger partial charge is 0.310 e. The van der Waals surface area contributed by atoms with Crippen LogP contribution in [0.4, 0.5) is 0 Å². The van der Waals surface area contributed by atoms with E-state index in [0.29, 0.717) is 13.1 Å². The van der Waals surface area contributed by atoms with Crippen molar-refractivity contribution in [3.8, 4) is 0 Å². The van der Waals surface area contributed by atoms with E-state index in [4.69, 9.17) is 4.74 Å². The summed E-state index contributed by atoms with van der Waals surface area (Å²) in [7, 11) is 0. The van der Waals surface area contributed by atoms with E-state index in [1.807, 2.05) is 37.3 Å². The topological polar surface area (TPSA) is 66.8 Å². The van der Waals surface area contributed by atoms with Crippen molar-refractivity contribution in [3.63, 3.8) is 0 Å². The minimum atomic E-state index is -0.952. The van der Waals surface area contributed by atoms with Gasteiger partial charge in [0.2, 0.25) is 5.91 Å². The summed E-state index contributed by atoms with van der Waals surface area (Å²) in [6.45, 7) is 2.94. The minimum Gasteiger partial charge on any atom is -0.481 e. The van der Waals surface area contributed by atoms with Crippen molar-refractivity contribution in [2.24, 2.45) is 11.8 Å². The van der Waals surface area contributed by atoms with E-state index in [1.165, 1.54) is 5.56 Å². The first-order valence-electron chi connectivity index (χ1n) is 7.44. The maximum absolute atomic E-state index is 12.7. The quantitative estimate of drug-likeness (QED) is 0.856. The molecule has 2 bridgehead atoms. The van der Waals surface area contributed by atoms with Crippen molar-refractivity contribution in [2.45, 2.75) is 25.2 Å². The zero-order valence-electron chi connectivity index (χ0n) is 12.2. The number of benzene rings is 1. The summed E-state index contributed by atoms with van der Waals surface area (Å²) in [5, 5.41) is 9.42. The summed E-state index contributed by atoms with van der Waals surface area (Å²) < 4.78 is 5.86. The highest BCUT2D eigenvalue weighted by Gasteiger charge is 2.66. The molecule has 114 valence electrons. The zero-order valence-corrected chi connectivity index (χ0v) is 12.2. The van der Waals surface area contributed by atoms with E-state index in [1.54, 1.807) is 11.0 Å². The van der Waals surface area contributed by atoms with Gasteiger partial charge in [0.1, 0.15) is 11.5 Å². The lowest BCUT2D eigenvalue weighted by atomic mass is 9.77. The van der Waals surface area contributed by atoms with Gasteiger partial charge in [0, 0.05) is 6.54 Å². The van der Waals surface area contributed by atoms with Gasteiger partial charge >= 0.3 is 5.97 Å². The third-order valence-corrected chi connectivity index (χ3v) is 4.96. The standard InChI is InChI=1S/C17H17NO4/c1-10-2-4-11(5-3-10)8-18-9-17-7-6-12(22-17)13(16(20)21)14(17)15(18)19/h2-7,12-14H,8-9H2,1H3,(H,20,21)/t12-,13+,14+,17-/m0/s1. The van der Waals surface area contributed by atoms with Gasteiger partial charge in [0.25, 0.3) is 0 Å². The Bertz CT molecular complexity index is 680. The van der Waals surface area contributed by atoms with E-state index >= 15 is 0 Å². The molecule has 3 aliphatic heterocycles. The fraction of sp³-hybridized carbons (Fsp3) is 0.412. The number of amides is 1. The number of carbonyl (C=O) groups is 2. The molecule has 0 radical (unpaired) electrons. The molecule has 1 aromatic rings. The van der Waals surface area contributed by atoms with E-state index in [-0.39, 0.29) is 5.91 Å². The van der Waals surface area contributed by atoms with Crippen molar-refractivity contribution in [1.29, 1.82) is 0 Å². The summed E-state index contributed by atoms with van der Waals surface area (Å²) in [6.07, 6.45) is 3.21. The molecule has 0 aliphatic carbocycles. The van der Waals surface area contributed by atoms with Crippen molar-refractivity contribution in [1.82, 2.24) is 4.90 Å². The molecule has 0 aromatic heterocycles. The number of carboxylic acids is 1. The second-order valence-electron chi connectivity index (χ2n) is 6.42. The second-order valence-corrected chi connectivity index (χ2v) is 6.42. The Labute approximate surface area is 128 Å². The number of rotatable bonds is 3. The van der Waals surface area contributed by atoms with E-state index in [2.05, 4.69) is 0 Å². The summed E-state index contributed by atoms with van der Waals surface area (Å²) in [6, 6.07) is 8.02. The van der Waals surface area contributed by atoms with Crippen molar-refractivity contribution < 1.29 is 19.4 Å². The average molecular weight is 299 g/mol. The number of ether oxygens (including phenoxy) is 1. The molecule has 22 heavy (non-hydrogen) atoms. The molecule has 4 rings (SSSR count). The molecule has 2 saturated heterocycles. The molecule has 0 unspecified atom stereocenters. The zero-order chi connectivity index (χ0) is 15.5. The number of hydrogen-bond acceptors (Lipinski definition) is 3.